The van der Waals surface area contributed by atoms with Gasteiger partial charge in [-0.1, -0.05) is 0 Å². The van der Waals surface area contributed by atoms with Gasteiger partial charge in [0.1, 0.15) is 17.3 Å². The molecule has 18 heavy (non-hydrogen) atoms. The van der Waals surface area contributed by atoms with E-state index in [4.69, 9.17) is 4.74 Å². The smallest absolute Gasteiger partial charge is 0.168 e. The van der Waals surface area contributed by atoms with E-state index in [0.29, 0.717) is 10.2 Å². The summed E-state index contributed by atoms with van der Waals surface area (Å²) in [5.41, 5.74) is 0.216. The lowest BCUT2D eigenvalue weighted by atomic mass is 10.3. The Kier molecular flexibility index (Phi) is 3.66. The Morgan fingerprint density at radius 1 is 1.06 bits per heavy atom. The summed E-state index contributed by atoms with van der Waals surface area (Å²) >= 11 is 3.16. The van der Waals surface area contributed by atoms with Crippen LogP contribution in [0.1, 0.15) is 0 Å². The third-order valence-corrected chi connectivity index (χ3v) is 2.75. The first-order chi connectivity index (χ1) is 8.60. The van der Waals surface area contributed by atoms with Crippen molar-refractivity contribution in [2.45, 2.75) is 0 Å². The molecule has 0 N–H and O–H groups in total. The number of ether oxygens (including phenoxy) is 1. The van der Waals surface area contributed by atoms with Gasteiger partial charge in [-0.15, -0.1) is 4.91 Å². The fourth-order valence-electron chi connectivity index (χ4n) is 1.31. The molecule has 0 radical (unpaired) electrons. The van der Waals surface area contributed by atoms with Crippen LogP contribution in [0.4, 0.5) is 14.5 Å². The van der Waals surface area contributed by atoms with Gasteiger partial charge in [0.2, 0.25) is 0 Å². The van der Waals surface area contributed by atoms with Crippen LogP contribution in [-0.4, -0.2) is 0 Å². The number of nitroso groups, excluding NO2 is 1. The van der Waals surface area contributed by atoms with Crippen molar-refractivity contribution >= 4 is 21.6 Å². The van der Waals surface area contributed by atoms with Gasteiger partial charge in [0.25, 0.3) is 0 Å². The minimum atomic E-state index is -0.806. The highest BCUT2D eigenvalue weighted by molar-refractivity contribution is 9.10. The van der Waals surface area contributed by atoms with E-state index in [2.05, 4.69) is 21.1 Å². The molecule has 2 aromatic rings. The zero-order valence-electron chi connectivity index (χ0n) is 8.86. The molecule has 0 amide bonds. The summed E-state index contributed by atoms with van der Waals surface area (Å²) in [4.78, 5) is 10.3. The fraction of sp³-hybridized carbons (Fsp3) is 0. The molecule has 2 rings (SSSR count). The van der Waals surface area contributed by atoms with Crippen molar-refractivity contribution in [1.82, 2.24) is 0 Å². The number of rotatable bonds is 3. The van der Waals surface area contributed by atoms with Gasteiger partial charge in [-0.25, -0.2) is 8.78 Å². The largest absolute Gasteiger partial charge is 0.453 e. The second-order valence-electron chi connectivity index (χ2n) is 3.38. The fourth-order valence-corrected chi connectivity index (χ4v) is 1.75. The monoisotopic (exact) mass is 313 g/mol. The third-order valence-electron chi connectivity index (χ3n) is 2.13. The zero-order valence-corrected chi connectivity index (χ0v) is 10.4. The van der Waals surface area contributed by atoms with E-state index in [9.17, 15) is 13.7 Å². The van der Waals surface area contributed by atoms with Crippen molar-refractivity contribution < 1.29 is 13.5 Å². The summed E-state index contributed by atoms with van der Waals surface area (Å²) in [5, 5.41) is 2.75. The van der Waals surface area contributed by atoms with Gasteiger partial charge in [-0.05, 0) is 51.4 Å². The lowest BCUT2D eigenvalue weighted by Gasteiger charge is -2.08. The summed E-state index contributed by atoms with van der Waals surface area (Å²) in [7, 11) is 0. The average molecular weight is 314 g/mol. The van der Waals surface area contributed by atoms with Crippen LogP contribution in [0.15, 0.2) is 46.0 Å². The number of hydrogen-bond acceptors (Lipinski definition) is 3. The highest BCUT2D eigenvalue weighted by Gasteiger charge is 2.09. The maximum Gasteiger partial charge on any atom is 0.168 e. The molecule has 0 fully saturated rings. The molecule has 0 saturated carbocycles. The van der Waals surface area contributed by atoms with Gasteiger partial charge in [-0.2, -0.15) is 0 Å². The number of benzene rings is 2. The molecule has 0 aliphatic rings. The SMILES string of the molecule is O=Nc1ccc(Oc2ccc(F)cc2F)c(Br)c1. The summed E-state index contributed by atoms with van der Waals surface area (Å²) in [6.45, 7) is 0. The molecule has 0 unspecified atom stereocenters. The predicted octanol–water partition coefficient (Wildman–Crippen LogP) is 4.92. The Morgan fingerprint density at radius 2 is 1.78 bits per heavy atom. The van der Waals surface area contributed by atoms with Crippen LogP contribution >= 0.6 is 15.9 Å². The summed E-state index contributed by atoms with van der Waals surface area (Å²) in [6, 6.07) is 7.32. The molecule has 92 valence electrons. The second-order valence-corrected chi connectivity index (χ2v) is 4.24. The molecule has 0 spiro atoms. The first-order valence-electron chi connectivity index (χ1n) is 4.86. The highest BCUT2D eigenvalue weighted by Crippen LogP contribution is 2.33. The second kappa shape index (κ2) is 5.22. The van der Waals surface area contributed by atoms with Gasteiger partial charge in [0, 0.05) is 6.07 Å². The summed E-state index contributed by atoms with van der Waals surface area (Å²) < 4.78 is 31.8. The topological polar surface area (TPSA) is 38.7 Å². The Bertz CT molecular complexity index is 605. The normalized spacial score (nSPS) is 10.2. The van der Waals surface area contributed by atoms with Crippen molar-refractivity contribution in [3.63, 3.8) is 0 Å². The van der Waals surface area contributed by atoms with Gasteiger partial charge in [-0.3, -0.25) is 0 Å². The number of hydrogen-bond donors (Lipinski definition) is 0. The highest BCUT2D eigenvalue weighted by atomic mass is 79.9. The summed E-state index contributed by atoms with van der Waals surface area (Å²) in [5.74, 6) is -1.30. The predicted molar refractivity (Wildman–Crippen MR) is 66.0 cm³/mol. The van der Waals surface area contributed by atoms with E-state index in [1.54, 1.807) is 0 Å². The third kappa shape index (κ3) is 2.70. The molecule has 0 bridgehead atoms. The maximum absolute atomic E-state index is 13.4. The molecule has 0 saturated heterocycles. The molecule has 6 heteroatoms. The zero-order chi connectivity index (χ0) is 13.1. The van der Waals surface area contributed by atoms with Crippen molar-refractivity contribution in [3.8, 4) is 11.5 Å². The van der Waals surface area contributed by atoms with Crippen LogP contribution in [0.2, 0.25) is 0 Å². The van der Waals surface area contributed by atoms with Crippen molar-refractivity contribution in [2.24, 2.45) is 5.18 Å². The Morgan fingerprint density at radius 3 is 2.39 bits per heavy atom. The molecule has 0 aromatic heterocycles. The lowest BCUT2D eigenvalue weighted by molar-refractivity contribution is 0.435. The number of nitrogens with zero attached hydrogens (tertiary/aromatic N) is 1. The van der Waals surface area contributed by atoms with Crippen LogP contribution in [0.25, 0.3) is 0 Å². The molecular formula is C12H6BrF2NO2. The van der Waals surface area contributed by atoms with Crippen LogP contribution in [0.5, 0.6) is 11.5 Å². The van der Waals surface area contributed by atoms with Gasteiger partial charge in [0.05, 0.1) is 4.47 Å². The van der Waals surface area contributed by atoms with Crippen LogP contribution in [0, 0.1) is 16.5 Å². The average Bonchev–Trinajstić information content (AvgIpc) is 2.34. The quantitative estimate of drug-likeness (QED) is 0.754. The standard InChI is InChI=1S/C12H6BrF2NO2/c13-9-6-8(16-17)2-4-11(9)18-12-3-1-7(14)5-10(12)15/h1-6H. The minimum absolute atomic E-state index is 0.107. The van der Waals surface area contributed by atoms with Gasteiger partial charge >= 0.3 is 0 Å². The van der Waals surface area contributed by atoms with Crippen LogP contribution in [0.3, 0.4) is 0 Å². The molecular weight excluding hydrogens is 308 g/mol. The van der Waals surface area contributed by atoms with Gasteiger partial charge in [0.15, 0.2) is 11.6 Å². The number of halogens is 3. The van der Waals surface area contributed by atoms with Crippen LogP contribution in [-0.2, 0) is 0 Å². The van der Waals surface area contributed by atoms with E-state index in [-0.39, 0.29) is 11.4 Å². The van der Waals surface area contributed by atoms with Crippen molar-refractivity contribution in [1.29, 1.82) is 0 Å². The van der Waals surface area contributed by atoms with Crippen LogP contribution < -0.4 is 4.74 Å². The molecule has 0 aliphatic carbocycles. The van der Waals surface area contributed by atoms with Gasteiger partial charge < -0.3 is 4.74 Å². The first kappa shape index (κ1) is 12.6. The molecule has 0 aliphatic heterocycles. The first-order valence-corrected chi connectivity index (χ1v) is 5.65. The summed E-state index contributed by atoms with van der Waals surface area (Å²) in [6.07, 6.45) is 0. The Labute approximate surface area is 109 Å². The van der Waals surface area contributed by atoms with E-state index < -0.39 is 11.6 Å². The maximum atomic E-state index is 13.4. The van der Waals surface area contributed by atoms with E-state index in [1.807, 2.05) is 0 Å². The Balaban J connectivity index is 2.31. The lowest BCUT2D eigenvalue weighted by Crippen LogP contribution is -1.90. The Hall–Kier alpha value is -1.82. The molecule has 0 atom stereocenters. The van der Waals surface area contributed by atoms with E-state index in [0.717, 1.165) is 12.1 Å². The molecule has 0 heterocycles. The minimum Gasteiger partial charge on any atom is -0.453 e. The van der Waals surface area contributed by atoms with Crippen molar-refractivity contribution in [3.05, 3.63) is 57.4 Å². The van der Waals surface area contributed by atoms with E-state index in [1.165, 1.54) is 24.3 Å². The van der Waals surface area contributed by atoms with Crippen molar-refractivity contribution in [2.75, 3.05) is 0 Å². The molecule has 2 aromatic carbocycles. The van der Waals surface area contributed by atoms with E-state index >= 15 is 0 Å². The molecule has 3 nitrogen and oxygen atoms in total.